The molecule has 0 aliphatic carbocycles. The maximum Gasteiger partial charge on any atom is 0.166 e. The van der Waals surface area contributed by atoms with Crippen LogP contribution in [-0.2, 0) is 13.2 Å². The lowest BCUT2D eigenvalue weighted by Gasteiger charge is -2.16. The van der Waals surface area contributed by atoms with Crippen molar-refractivity contribution in [2.24, 2.45) is 0 Å². The summed E-state index contributed by atoms with van der Waals surface area (Å²) in [6.07, 6.45) is 3.52. The fourth-order valence-electron chi connectivity index (χ4n) is 1.97. The quantitative estimate of drug-likeness (QED) is 0.851. The van der Waals surface area contributed by atoms with Gasteiger partial charge in [-0.05, 0) is 18.7 Å². The van der Waals surface area contributed by atoms with Gasteiger partial charge in [-0.25, -0.2) is 0 Å². The van der Waals surface area contributed by atoms with Gasteiger partial charge < -0.3 is 14.8 Å². The Labute approximate surface area is 130 Å². The van der Waals surface area contributed by atoms with E-state index in [9.17, 15) is 0 Å². The first-order valence-electron chi connectivity index (χ1n) is 6.83. The molecule has 112 valence electrons. The average molecular weight is 307 g/mol. The van der Waals surface area contributed by atoms with E-state index in [1.165, 1.54) is 0 Å². The van der Waals surface area contributed by atoms with Gasteiger partial charge in [0, 0.05) is 41.2 Å². The molecule has 0 saturated heterocycles. The van der Waals surface area contributed by atoms with E-state index in [0.29, 0.717) is 29.7 Å². The van der Waals surface area contributed by atoms with Crippen molar-refractivity contribution in [1.29, 1.82) is 0 Å². The molecule has 1 aromatic carbocycles. The number of benzene rings is 1. The molecule has 4 nitrogen and oxygen atoms in total. The highest BCUT2D eigenvalue weighted by atomic mass is 35.5. The molecular formula is C16H19ClN2O2. The minimum absolute atomic E-state index is 0.435. The van der Waals surface area contributed by atoms with Crippen molar-refractivity contribution in [3.8, 4) is 11.5 Å². The molecule has 0 atom stereocenters. The Bertz CT molecular complexity index is 576. The summed E-state index contributed by atoms with van der Waals surface area (Å²) in [5.74, 6) is 1.35. The highest BCUT2D eigenvalue weighted by Gasteiger charge is 2.13. The number of halogens is 1. The molecule has 0 amide bonds. The summed E-state index contributed by atoms with van der Waals surface area (Å²) < 4.78 is 11.3. The van der Waals surface area contributed by atoms with E-state index < -0.39 is 0 Å². The van der Waals surface area contributed by atoms with Gasteiger partial charge in [0.2, 0.25) is 0 Å². The topological polar surface area (TPSA) is 43.4 Å². The van der Waals surface area contributed by atoms with Gasteiger partial charge in [-0.2, -0.15) is 0 Å². The second-order valence-electron chi connectivity index (χ2n) is 4.53. The SMILES string of the molecule is CCNCc1cc(Cl)cc(OC)c1OCc1cccnc1. The maximum atomic E-state index is 6.12. The number of methoxy groups -OCH3 is 1. The summed E-state index contributed by atoms with van der Waals surface area (Å²) in [4.78, 5) is 4.08. The Balaban J connectivity index is 2.22. The fraction of sp³-hybridized carbons (Fsp3) is 0.312. The van der Waals surface area contributed by atoms with Crippen molar-refractivity contribution in [3.05, 3.63) is 52.8 Å². The van der Waals surface area contributed by atoms with Crippen LogP contribution in [0.4, 0.5) is 0 Å². The van der Waals surface area contributed by atoms with Crippen LogP contribution >= 0.6 is 11.6 Å². The molecule has 1 heterocycles. The predicted molar refractivity (Wildman–Crippen MR) is 84.0 cm³/mol. The van der Waals surface area contributed by atoms with Crippen LogP contribution in [0.25, 0.3) is 0 Å². The summed E-state index contributed by atoms with van der Waals surface area (Å²) in [6, 6.07) is 7.51. The van der Waals surface area contributed by atoms with Gasteiger partial charge in [0.25, 0.3) is 0 Å². The minimum atomic E-state index is 0.435. The molecule has 0 spiro atoms. The summed E-state index contributed by atoms with van der Waals surface area (Å²) >= 11 is 6.12. The molecule has 1 N–H and O–H groups in total. The standard InChI is InChI=1S/C16H19ClN2O2/c1-3-18-10-13-7-14(17)8-15(20-2)16(13)21-11-12-5-4-6-19-9-12/h4-9,18H,3,10-11H2,1-2H3. The summed E-state index contributed by atoms with van der Waals surface area (Å²) in [7, 11) is 1.61. The van der Waals surface area contributed by atoms with Crippen LogP contribution in [0.15, 0.2) is 36.7 Å². The van der Waals surface area contributed by atoms with Gasteiger partial charge in [0.15, 0.2) is 11.5 Å². The number of aromatic nitrogens is 1. The molecular weight excluding hydrogens is 288 g/mol. The zero-order valence-electron chi connectivity index (χ0n) is 12.2. The maximum absolute atomic E-state index is 6.12. The molecule has 0 radical (unpaired) electrons. The van der Waals surface area contributed by atoms with Crippen molar-refractivity contribution in [2.75, 3.05) is 13.7 Å². The molecule has 2 rings (SSSR count). The molecule has 1 aromatic heterocycles. The van der Waals surface area contributed by atoms with Crippen LogP contribution < -0.4 is 14.8 Å². The number of nitrogens with one attached hydrogen (secondary N) is 1. The molecule has 0 saturated carbocycles. The van der Waals surface area contributed by atoms with Gasteiger partial charge in [-0.3, -0.25) is 4.98 Å². The summed E-state index contributed by atoms with van der Waals surface area (Å²) in [5, 5.41) is 3.91. The number of hydrogen-bond acceptors (Lipinski definition) is 4. The molecule has 0 aliphatic rings. The highest BCUT2D eigenvalue weighted by Crippen LogP contribution is 2.35. The fourth-order valence-corrected chi connectivity index (χ4v) is 2.20. The highest BCUT2D eigenvalue weighted by molar-refractivity contribution is 6.30. The van der Waals surface area contributed by atoms with Gasteiger partial charge in [0.1, 0.15) is 6.61 Å². The van der Waals surface area contributed by atoms with E-state index in [4.69, 9.17) is 21.1 Å². The van der Waals surface area contributed by atoms with Gasteiger partial charge in [0.05, 0.1) is 7.11 Å². The third kappa shape index (κ3) is 4.34. The molecule has 0 fully saturated rings. The average Bonchev–Trinajstić information content (AvgIpc) is 2.52. The Morgan fingerprint density at radius 1 is 1.33 bits per heavy atom. The van der Waals surface area contributed by atoms with Crippen LogP contribution in [-0.4, -0.2) is 18.6 Å². The number of hydrogen-bond donors (Lipinski definition) is 1. The van der Waals surface area contributed by atoms with Crippen LogP contribution in [0.3, 0.4) is 0 Å². The number of pyridine rings is 1. The Kier molecular flexibility index (Phi) is 5.84. The molecule has 0 bridgehead atoms. The lowest BCUT2D eigenvalue weighted by molar-refractivity contribution is 0.280. The number of nitrogens with zero attached hydrogens (tertiary/aromatic N) is 1. The number of rotatable bonds is 7. The van der Waals surface area contributed by atoms with Gasteiger partial charge >= 0.3 is 0 Å². The van der Waals surface area contributed by atoms with Crippen LogP contribution in [0, 0.1) is 0 Å². The molecule has 2 aromatic rings. The van der Waals surface area contributed by atoms with Crippen LogP contribution in [0.5, 0.6) is 11.5 Å². The first kappa shape index (κ1) is 15.6. The van der Waals surface area contributed by atoms with E-state index >= 15 is 0 Å². The summed E-state index contributed by atoms with van der Waals surface area (Å²) in [5.41, 5.74) is 1.98. The Morgan fingerprint density at radius 2 is 2.19 bits per heavy atom. The van der Waals surface area contributed by atoms with Crippen LogP contribution in [0.1, 0.15) is 18.1 Å². The number of ether oxygens (including phenoxy) is 2. The van der Waals surface area contributed by atoms with Crippen LogP contribution in [0.2, 0.25) is 5.02 Å². The minimum Gasteiger partial charge on any atom is -0.493 e. The second kappa shape index (κ2) is 7.86. The first-order valence-corrected chi connectivity index (χ1v) is 7.21. The third-order valence-corrected chi connectivity index (χ3v) is 3.21. The third-order valence-electron chi connectivity index (χ3n) is 2.99. The lowest BCUT2D eigenvalue weighted by atomic mass is 10.1. The zero-order valence-corrected chi connectivity index (χ0v) is 13.0. The first-order chi connectivity index (χ1) is 10.2. The van der Waals surface area contributed by atoms with E-state index in [1.54, 1.807) is 25.6 Å². The second-order valence-corrected chi connectivity index (χ2v) is 4.96. The van der Waals surface area contributed by atoms with Crippen molar-refractivity contribution in [3.63, 3.8) is 0 Å². The van der Waals surface area contributed by atoms with E-state index in [0.717, 1.165) is 17.7 Å². The Hall–Kier alpha value is -1.78. The van der Waals surface area contributed by atoms with Gasteiger partial charge in [-0.1, -0.05) is 24.6 Å². The van der Waals surface area contributed by atoms with Crippen molar-refractivity contribution >= 4 is 11.6 Å². The van der Waals surface area contributed by atoms with E-state index in [2.05, 4.69) is 17.2 Å². The van der Waals surface area contributed by atoms with Gasteiger partial charge in [-0.15, -0.1) is 0 Å². The van der Waals surface area contributed by atoms with Crippen molar-refractivity contribution in [2.45, 2.75) is 20.1 Å². The van der Waals surface area contributed by atoms with Crippen molar-refractivity contribution in [1.82, 2.24) is 10.3 Å². The molecule has 0 unspecified atom stereocenters. The predicted octanol–water partition coefficient (Wildman–Crippen LogP) is 3.43. The summed E-state index contributed by atoms with van der Waals surface area (Å²) in [6.45, 7) is 4.04. The largest absolute Gasteiger partial charge is 0.493 e. The monoisotopic (exact) mass is 306 g/mol. The zero-order chi connectivity index (χ0) is 15.1. The molecule has 0 aliphatic heterocycles. The van der Waals surface area contributed by atoms with Crippen molar-refractivity contribution < 1.29 is 9.47 Å². The van der Waals surface area contributed by atoms with E-state index in [1.807, 2.05) is 18.2 Å². The van der Waals surface area contributed by atoms with E-state index in [-0.39, 0.29) is 0 Å². The normalized spacial score (nSPS) is 10.4. The lowest BCUT2D eigenvalue weighted by Crippen LogP contribution is -2.13. The molecule has 21 heavy (non-hydrogen) atoms. The molecule has 5 heteroatoms. The Morgan fingerprint density at radius 3 is 2.86 bits per heavy atom. The smallest absolute Gasteiger partial charge is 0.166 e.